The summed E-state index contributed by atoms with van der Waals surface area (Å²) in [5.74, 6) is -0.750. The predicted molar refractivity (Wildman–Crippen MR) is 87.6 cm³/mol. The summed E-state index contributed by atoms with van der Waals surface area (Å²) in [6, 6.07) is 9.62. The molecule has 0 aliphatic rings. The number of hydrogen-bond acceptors (Lipinski definition) is 4. The molecule has 0 radical (unpaired) electrons. The molecule has 3 nitrogen and oxygen atoms in total. The van der Waals surface area contributed by atoms with Crippen LogP contribution in [-0.4, -0.2) is 16.1 Å². The number of aromatic nitrogens is 1. The van der Waals surface area contributed by atoms with Gasteiger partial charge in [0.1, 0.15) is 5.82 Å². The standard InChI is InChI=1S/C15H9ClFNO2S2/c16-10-5-13-12(6-11(10)17)18-15(22-13)21-7-8-1-3-9(4-2-8)14(19)20/h1-6H,7H2,(H,19,20). The molecule has 0 unspecified atom stereocenters. The Hall–Kier alpha value is -1.63. The zero-order chi connectivity index (χ0) is 15.7. The summed E-state index contributed by atoms with van der Waals surface area (Å²) >= 11 is 8.73. The highest BCUT2D eigenvalue weighted by Crippen LogP contribution is 2.33. The molecular weight excluding hydrogens is 345 g/mol. The van der Waals surface area contributed by atoms with E-state index >= 15 is 0 Å². The molecule has 0 saturated carbocycles. The lowest BCUT2D eigenvalue weighted by Crippen LogP contribution is -1.95. The van der Waals surface area contributed by atoms with Gasteiger partial charge in [-0.05, 0) is 23.8 Å². The van der Waals surface area contributed by atoms with Crippen LogP contribution >= 0.6 is 34.7 Å². The number of benzene rings is 2. The summed E-state index contributed by atoms with van der Waals surface area (Å²) in [5, 5.41) is 8.95. The van der Waals surface area contributed by atoms with Crippen LogP contribution in [0, 0.1) is 5.82 Å². The van der Waals surface area contributed by atoms with Crippen molar-refractivity contribution in [2.45, 2.75) is 10.1 Å². The van der Waals surface area contributed by atoms with E-state index in [4.69, 9.17) is 16.7 Å². The summed E-state index contributed by atoms with van der Waals surface area (Å²) in [5.41, 5.74) is 1.85. The summed E-state index contributed by atoms with van der Waals surface area (Å²) in [6.07, 6.45) is 0. The Kier molecular flexibility index (Phi) is 4.33. The third-order valence-electron chi connectivity index (χ3n) is 2.97. The second-order valence-corrected chi connectivity index (χ2v) is 7.16. The van der Waals surface area contributed by atoms with Crippen LogP contribution in [0.15, 0.2) is 40.7 Å². The third-order valence-corrected chi connectivity index (χ3v) is 5.50. The number of nitrogens with zero attached hydrogens (tertiary/aromatic N) is 1. The summed E-state index contributed by atoms with van der Waals surface area (Å²) in [7, 11) is 0. The molecule has 2 aromatic carbocycles. The van der Waals surface area contributed by atoms with Gasteiger partial charge in [0.05, 0.1) is 20.8 Å². The minimum absolute atomic E-state index is 0.0944. The third kappa shape index (κ3) is 3.24. The van der Waals surface area contributed by atoms with Gasteiger partial charge < -0.3 is 5.11 Å². The van der Waals surface area contributed by atoms with E-state index in [9.17, 15) is 9.18 Å². The number of thiazole rings is 1. The SMILES string of the molecule is O=C(O)c1ccc(CSc2nc3cc(F)c(Cl)cc3s2)cc1. The molecule has 3 rings (SSSR count). The molecule has 22 heavy (non-hydrogen) atoms. The zero-order valence-corrected chi connectivity index (χ0v) is 13.4. The lowest BCUT2D eigenvalue weighted by Gasteiger charge is -1.99. The molecule has 0 aliphatic carbocycles. The number of thioether (sulfide) groups is 1. The Balaban J connectivity index is 1.74. The fraction of sp³-hybridized carbons (Fsp3) is 0.0667. The lowest BCUT2D eigenvalue weighted by molar-refractivity contribution is 0.0697. The Labute approximate surface area is 138 Å². The first-order chi connectivity index (χ1) is 10.5. The minimum atomic E-state index is -0.940. The van der Waals surface area contributed by atoms with E-state index in [1.54, 1.807) is 30.3 Å². The maximum absolute atomic E-state index is 13.4. The molecule has 0 aliphatic heterocycles. The number of hydrogen-bond donors (Lipinski definition) is 1. The zero-order valence-electron chi connectivity index (χ0n) is 11.0. The molecule has 1 aromatic heterocycles. The number of rotatable bonds is 4. The molecule has 0 fully saturated rings. The fourth-order valence-electron chi connectivity index (χ4n) is 1.85. The molecule has 3 aromatic rings. The highest BCUT2D eigenvalue weighted by molar-refractivity contribution is 8.00. The molecule has 0 atom stereocenters. The summed E-state index contributed by atoms with van der Waals surface area (Å²) in [4.78, 5) is 15.2. The van der Waals surface area contributed by atoms with Crippen LogP contribution in [0.25, 0.3) is 10.2 Å². The average molecular weight is 354 g/mol. The van der Waals surface area contributed by atoms with Gasteiger partial charge in [0, 0.05) is 11.8 Å². The van der Waals surface area contributed by atoms with Crippen LogP contribution in [0.5, 0.6) is 0 Å². The highest BCUT2D eigenvalue weighted by Gasteiger charge is 2.09. The number of aromatic carboxylic acids is 1. The number of carboxylic acid groups (broad SMARTS) is 1. The van der Waals surface area contributed by atoms with Crippen LogP contribution in [-0.2, 0) is 5.75 Å². The lowest BCUT2D eigenvalue weighted by atomic mass is 10.1. The van der Waals surface area contributed by atoms with Gasteiger partial charge in [0.25, 0.3) is 0 Å². The van der Waals surface area contributed by atoms with Crippen LogP contribution < -0.4 is 0 Å². The summed E-state index contributed by atoms with van der Waals surface area (Å²) < 4.78 is 15.1. The molecule has 1 heterocycles. The van der Waals surface area contributed by atoms with E-state index in [1.165, 1.54) is 29.2 Å². The Bertz CT molecular complexity index is 810. The van der Waals surface area contributed by atoms with Gasteiger partial charge in [-0.3, -0.25) is 0 Å². The van der Waals surface area contributed by atoms with E-state index in [0.717, 1.165) is 14.6 Å². The van der Waals surface area contributed by atoms with Crippen molar-refractivity contribution in [2.24, 2.45) is 0 Å². The van der Waals surface area contributed by atoms with Crippen LogP contribution in [0.1, 0.15) is 15.9 Å². The van der Waals surface area contributed by atoms with Gasteiger partial charge in [-0.25, -0.2) is 14.2 Å². The quantitative estimate of drug-likeness (QED) is 0.664. The molecule has 0 amide bonds. The predicted octanol–water partition coefficient (Wildman–Crippen LogP) is 5.08. The Morgan fingerprint density at radius 2 is 2.05 bits per heavy atom. The van der Waals surface area contributed by atoms with Crippen molar-refractivity contribution in [3.8, 4) is 0 Å². The van der Waals surface area contributed by atoms with Crippen molar-refractivity contribution in [2.75, 3.05) is 0 Å². The molecule has 0 bridgehead atoms. The molecule has 112 valence electrons. The van der Waals surface area contributed by atoms with Gasteiger partial charge >= 0.3 is 5.97 Å². The molecule has 7 heteroatoms. The first-order valence-electron chi connectivity index (χ1n) is 6.23. The number of fused-ring (bicyclic) bond motifs is 1. The van der Waals surface area contributed by atoms with Crippen molar-refractivity contribution >= 4 is 50.9 Å². The van der Waals surface area contributed by atoms with Crippen molar-refractivity contribution in [3.63, 3.8) is 0 Å². The van der Waals surface area contributed by atoms with Gasteiger partial charge in [-0.1, -0.05) is 35.5 Å². The minimum Gasteiger partial charge on any atom is -0.478 e. The smallest absolute Gasteiger partial charge is 0.335 e. The average Bonchev–Trinajstić information content (AvgIpc) is 2.88. The topological polar surface area (TPSA) is 50.2 Å². The molecule has 1 N–H and O–H groups in total. The maximum atomic E-state index is 13.4. The van der Waals surface area contributed by atoms with Gasteiger partial charge in [-0.2, -0.15) is 0 Å². The van der Waals surface area contributed by atoms with E-state index in [2.05, 4.69) is 4.98 Å². The first-order valence-corrected chi connectivity index (χ1v) is 8.41. The number of carboxylic acids is 1. The first kappa shape index (κ1) is 15.3. The highest BCUT2D eigenvalue weighted by atomic mass is 35.5. The fourth-order valence-corrected chi connectivity index (χ4v) is 4.13. The van der Waals surface area contributed by atoms with Gasteiger partial charge in [-0.15, -0.1) is 11.3 Å². The van der Waals surface area contributed by atoms with Crippen LogP contribution in [0.4, 0.5) is 4.39 Å². The maximum Gasteiger partial charge on any atom is 0.335 e. The van der Waals surface area contributed by atoms with Crippen molar-refractivity contribution in [1.82, 2.24) is 4.98 Å². The van der Waals surface area contributed by atoms with E-state index in [-0.39, 0.29) is 10.6 Å². The van der Waals surface area contributed by atoms with E-state index in [1.807, 2.05) is 0 Å². The Morgan fingerprint density at radius 3 is 2.73 bits per heavy atom. The van der Waals surface area contributed by atoms with Gasteiger partial charge in [0.2, 0.25) is 0 Å². The second kappa shape index (κ2) is 6.24. The van der Waals surface area contributed by atoms with E-state index < -0.39 is 11.8 Å². The van der Waals surface area contributed by atoms with Crippen LogP contribution in [0.3, 0.4) is 0 Å². The van der Waals surface area contributed by atoms with Crippen molar-refractivity contribution < 1.29 is 14.3 Å². The second-order valence-electron chi connectivity index (χ2n) is 4.50. The molecule has 0 saturated heterocycles. The molecular formula is C15H9ClFNO2S2. The van der Waals surface area contributed by atoms with Crippen molar-refractivity contribution in [1.29, 1.82) is 0 Å². The van der Waals surface area contributed by atoms with Gasteiger partial charge in [0.15, 0.2) is 4.34 Å². The summed E-state index contributed by atoms with van der Waals surface area (Å²) in [6.45, 7) is 0. The monoisotopic (exact) mass is 353 g/mol. The number of halogens is 2. The Morgan fingerprint density at radius 1 is 1.32 bits per heavy atom. The normalized spacial score (nSPS) is 11.0. The largest absolute Gasteiger partial charge is 0.478 e. The number of carbonyl (C=O) groups is 1. The van der Waals surface area contributed by atoms with Crippen molar-refractivity contribution in [3.05, 3.63) is 58.4 Å². The van der Waals surface area contributed by atoms with E-state index in [0.29, 0.717) is 11.3 Å². The van der Waals surface area contributed by atoms with Crippen LogP contribution in [0.2, 0.25) is 5.02 Å². The molecule has 0 spiro atoms.